The van der Waals surface area contributed by atoms with Crippen LogP contribution in [-0.4, -0.2) is 31.7 Å². The Kier molecular flexibility index (Phi) is 4.17. The van der Waals surface area contributed by atoms with Crippen LogP contribution in [0.5, 0.6) is 0 Å². The number of hydrogen-bond donors (Lipinski definition) is 1. The summed E-state index contributed by atoms with van der Waals surface area (Å²) in [4.78, 5) is 27.6. The second kappa shape index (κ2) is 6.98. The van der Waals surface area contributed by atoms with Gasteiger partial charge in [0.2, 0.25) is 0 Å². The predicted molar refractivity (Wildman–Crippen MR) is 111 cm³/mol. The molecule has 1 N–H and O–H groups in total. The van der Waals surface area contributed by atoms with Crippen molar-refractivity contribution in [3.05, 3.63) is 106 Å². The Morgan fingerprint density at radius 2 is 1.59 bits per heavy atom. The fourth-order valence-corrected chi connectivity index (χ4v) is 3.80. The standard InChI is InChI=1S/C23H20N4O2/c28-22(17-8-10-18(11-9-17)25-13-4-5-14-25)26-15-12-21-20(16-26)23(29)27(24-21)19-6-2-1-3-7-19/h1-11,13-14,24H,12,15-16H2. The summed E-state index contributed by atoms with van der Waals surface area (Å²) < 4.78 is 3.55. The van der Waals surface area contributed by atoms with E-state index >= 15 is 0 Å². The van der Waals surface area contributed by atoms with Gasteiger partial charge in [-0.3, -0.25) is 14.7 Å². The zero-order chi connectivity index (χ0) is 19.8. The molecule has 4 aromatic rings. The van der Waals surface area contributed by atoms with Gasteiger partial charge in [0.05, 0.1) is 17.8 Å². The van der Waals surface area contributed by atoms with Crippen LogP contribution in [-0.2, 0) is 13.0 Å². The van der Waals surface area contributed by atoms with E-state index in [1.807, 2.05) is 83.7 Å². The Balaban J connectivity index is 1.39. The lowest BCUT2D eigenvalue weighted by molar-refractivity contribution is 0.0734. The van der Waals surface area contributed by atoms with Crippen LogP contribution in [0.15, 0.2) is 83.9 Å². The molecule has 6 heteroatoms. The summed E-state index contributed by atoms with van der Waals surface area (Å²) in [5, 5.41) is 3.20. The molecule has 0 unspecified atom stereocenters. The molecule has 0 saturated heterocycles. The minimum Gasteiger partial charge on any atom is -0.334 e. The number of nitrogens with one attached hydrogen (secondary N) is 1. The third-order valence-corrected chi connectivity index (χ3v) is 5.37. The number of fused-ring (bicyclic) bond motifs is 1. The first-order valence-electron chi connectivity index (χ1n) is 9.61. The van der Waals surface area contributed by atoms with E-state index in [2.05, 4.69) is 5.10 Å². The van der Waals surface area contributed by atoms with Gasteiger partial charge >= 0.3 is 0 Å². The van der Waals surface area contributed by atoms with Gasteiger partial charge in [-0.05, 0) is 48.5 Å². The second-order valence-electron chi connectivity index (χ2n) is 7.16. The third kappa shape index (κ3) is 3.08. The summed E-state index contributed by atoms with van der Waals surface area (Å²) in [7, 11) is 0. The van der Waals surface area contributed by atoms with Crippen molar-refractivity contribution in [1.29, 1.82) is 0 Å². The van der Waals surface area contributed by atoms with Crippen LogP contribution >= 0.6 is 0 Å². The highest BCUT2D eigenvalue weighted by molar-refractivity contribution is 5.94. The highest BCUT2D eigenvalue weighted by atomic mass is 16.2. The molecule has 144 valence electrons. The number of nitrogens with zero attached hydrogens (tertiary/aromatic N) is 3. The van der Waals surface area contributed by atoms with Gasteiger partial charge in [-0.15, -0.1) is 0 Å². The van der Waals surface area contributed by atoms with Crippen molar-refractivity contribution >= 4 is 5.91 Å². The van der Waals surface area contributed by atoms with Crippen molar-refractivity contribution in [2.75, 3.05) is 6.54 Å². The van der Waals surface area contributed by atoms with Crippen molar-refractivity contribution in [2.45, 2.75) is 13.0 Å². The molecule has 0 bridgehead atoms. The van der Waals surface area contributed by atoms with Gasteiger partial charge in [-0.25, -0.2) is 4.68 Å². The van der Waals surface area contributed by atoms with E-state index in [4.69, 9.17) is 0 Å². The van der Waals surface area contributed by atoms with Gasteiger partial charge in [0, 0.05) is 42.3 Å². The Bertz CT molecular complexity index is 1200. The number of carbonyl (C=O) groups excluding carboxylic acids is 1. The SMILES string of the molecule is O=C(c1ccc(-n2cccc2)cc1)N1CCc2[nH]n(-c3ccccc3)c(=O)c2C1. The molecule has 5 rings (SSSR count). The quantitative estimate of drug-likeness (QED) is 0.590. The van der Waals surface area contributed by atoms with E-state index in [9.17, 15) is 9.59 Å². The average molecular weight is 384 g/mol. The maximum Gasteiger partial charge on any atom is 0.276 e. The Hall–Kier alpha value is -3.80. The molecule has 0 saturated carbocycles. The largest absolute Gasteiger partial charge is 0.334 e. The molecule has 0 aliphatic carbocycles. The van der Waals surface area contributed by atoms with Gasteiger partial charge in [-0.2, -0.15) is 0 Å². The highest BCUT2D eigenvalue weighted by Gasteiger charge is 2.26. The van der Waals surface area contributed by atoms with E-state index in [1.165, 1.54) is 0 Å². The topological polar surface area (TPSA) is 63.0 Å². The first-order valence-corrected chi connectivity index (χ1v) is 9.61. The normalized spacial score (nSPS) is 13.3. The molecule has 6 nitrogen and oxygen atoms in total. The molecule has 0 fully saturated rings. The molecular weight excluding hydrogens is 364 g/mol. The maximum atomic E-state index is 13.0. The van der Waals surface area contributed by atoms with E-state index in [0.717, 1.165) is 17.1 Å². The van der Waals surface area contributed by atoms with Crippen LogP contribution in [0.2, 0.25) is 0 Å². The summed E-state index contributed by atoms with van der Waals surface area (Å²) >= 11 is 0. The van der Waals surface area contributed by atoms with Gasteiger partial charge in [0.1, 0.15) is 0 Å². The van der Waals surface area contributed by atoms with E-state index in [1.54, 1.807) is 9.58 Å². The van der Waals surface area contributed by atoms with E-state index < -0.39 is 0 Å². The van der Waals surface area contributed by atoms with Crippen molar-refractivity contribution in [2.24, 2.45) is 0 Å². The molecule has 3 heterocycles. The number of H-pyrrole nitrogens is 1. The van der Waals surface area contributed by atoms with Crippen LogP contribution in [0.3, 0.4) is 0 Å². The molecular formula is C23H20N4O2. The number of amides is 1. The van der Waals surface area contributed by atoms with Crippen molar-refractivity contribution < 1.29 is 4.79 Å². The Morgan fingerprint density at radius 3 is 2.31 bits per heavy atom. The average Bonchev–Trinajstić information content (AvgIpc) is 3.42. The van der Waals surface area contributed by atoms with Gasteiger partial charge < -0.3 is 9.47 Å². The number of benzene rings is 2. The summed E-state index contributed by atoms with van der Waals surface area (Å²) in [6.45, 7) is 0.905. The van der Waals surface area contributed by atoms with Crippen LogP contribution in [0.25, 0.3) is 11.4 Å². The Morgan fingerprint density at radius 1 is 0.862 bits per heavy atom. The van der Waals surface area contributed by atoms with Crippen molar-refractivity contribution in [1.82, 2.24) is 19.2 Å². The fourth-order valence-electron chi connectivity index (χ4n) is 3.80. The number of carbonyl (C=O) groups is 1. The van der Waals surface area contributed by atoms with Crippen LogP contribution in [0.4, 0.5) is 0 Å². The molecule has 1 aliphatic rings. The van der Waals surface area contributed by atoms with Crippen LogP contribution < -0.4 is 5.56 Å². The molecule has 2 aromatic carbocycles. The predicted octanol–water partition coefficient (Wildman–Crippen LogP) is 3.15. The van der Waals surface area contributed by atoms with Gasteiger partial charge in [0.25, 0.3) is 11.5 Å². The molecule has 0 atom stereocenters. The molecule has 2 aromatic heterocycles. The number of hydrogen-bond acceptors (Lipinski definition) is 2. The summed E-state index contributed by atoms with van der Waals surface area (Å²) in [5.41, 5.74) is 3.91. The molecule has 0 spiro atoms. The van der Waals surface area contributed by atoms with Crippen LogP contribution in [0, 0.1) is 0 Å². The first-order chi connectivity index (χ1) is 14.2. The van der Waals surface area contributed by atoms with E-state index in [0.29, 0.717) is 30.6 Å². The maximum absolute atomic E-state index is 13.0. The lowest BCUT2D eigenvalue weighted by Gasteiger charge is -2.26. The highest BCUT2D eigenvalue weighted by Crippen LogP contribution is 2.19. The molecule has 1 aliphatic heterocycles. The number of aromatic amines is 1. The molecule has 29 heavy (non-hydrogen) atoms. The monoisotopic (exact) mass is 384 g/mol. The number of rotatable bonds is 3. The first kappa shape index (κ1) is 17.3. The third-order valence-electron chi connectivity index (χ3n) is 5.37. The number of para-hydroxylation sites is 1. The van der Waals surface area contributed by atoms with Crippen molar-refractivity contribution in [3.63, 3.8) is 0 Å². The summed E-state index contributed by atoms with van der Waals surface area (Å²) in [6, 6.07) is 21.0. The zero-order valence-electron chi connectivity index (χ0n) is 15.8. The summed E-state index contributed by atoms with van der Waals surface area (Å²) in [5.74, 6) is -0.0541. The summed E-state index contributed by atoms with van der Waals surface area (Å²) in [6.07, 6.45) is 4.57. The second-order valence-corrected chi connectivity index (χ2v) is 7.16. The zero-order valence-corrected chi connectivity index (χ0v) is 15.8. The van der Waals surface area contributed by atoms with Gasteiger partial charge in [0.15, 0.2) is 0 Å². The Labute approximate surface area is 167 Å². The minimum atomic E-state index is -0.0911. The fraction of sp³-hybridized carbons (Fsp3) is 0.130. The lowest BCUT2D eigenvalue weighted by Crippen LogP contribution is -2.37. The van der Waals surface area contributed by atoms with Crippen LogP contribution in [0.1, 0.15) is 21.6 Å². The lowest BCUT2D eigenvalue weighted by atomic mass is 10.1. The van der Waals surface area contributed by atoms with Gasteiger partial charge in [-0.1, -0.05) is 18.2 Å². The molecule has 1 amide bonds. The smallest absolute Gasteiger partial charge is 0.276 e. The minimum absolute atomic E-state index is 0.0541. The van der Waals surface area contributed by atoms with E-state index in [-0.39, 0.29) is 11.5 Å². The number of aromatic nitrogens is 3. The van der Waals surface area contributed by atoms with Crippen molar-refractivity contribution in [3.8, 4) is 11.4 Å². The molecule has 0 radical (unpaired) electrons.